The molecule has 0 bridgehead atoms. The van der Waals surface area contributed by atoms with Crippen LogP contribution in [0.2, 0.25) is 5.02 Å². The fraction of sp³-hybridized carbons (Fsp3) is 0.421. The monoisotopic (exact) mass is 391 g/mol. The Morgan fingerprint density at radius 1 is 1.19 bits per heavy atom. The minimum atomic E-state index is -0.216. The molecule has 2 N–H and O–H groups in total. The second-order valence-corrected chi connectivity index (χ2v) is 8.36. The van der Waals surface area contributed by atoms with Crippen LogP contribution in [-0.4, -0.2) is 35.7 Å². The Bertz CT molecular complexity index is 755. The van der Waals surface area contributed by atoms with Gasteiger partial charge in [0.05, 0.1) is 12.3 Å². The fourth-order valence-electron chi connectivity index (χ4n) is 3.59. The van der Waals surface area contributed by atoms with Gasteiger partial charge < -0.3 is 9.32 Å². The largest absolute Gasteiger partial charge is 0.468 e. The number of hydrazine groups is 1. The first-order valence-electron chi connectivity index (χ1n) is 8.91. The Balaban J connectivity index is 1.37. The van der Waals surface area contributed by atoms with Gasteiger partial charge in [-0.3, -0.25) is 4.79 Å². The Morgan fingerprint density at radius 3 is 2.88 bits per heavy atom. The lowest BCUT2D eigenvalue weighted by Gasteiger charge is -2.23. The molecular formula is C19H22ClN3O2S. The summed E-state index contributed by atoms with van der Waals surface area (Å²) >= 11 is 8.24. The molecule has 5 nitrogen and oxygen atoms in total. The predicted molar refractivity (Wildman–Crippen MR) is 104 cm³/mol. The number of halogens is 1. The number of nitrogens with zero attached hydrogens (tertiary/aromatic N) is 1. The summed E-state index contributed by atoms with van der Waals surface area (Å²) in [6.45, 7) is 1.53. The van der Waals surface area contributed by atoms with Crippen LogP contribution in [0.5, 0.6) is 0 Å². The van der Waals surface area contributed by atoms with Gasteiger partial charge in [-0.2, -0.15) is 11.8 Å². The number of rotatable bonds is 3. The molecule has 2 aliphatic heterocycles. The molecule has 4 rings (SSSR count). The summed E-state index contributed by atoms with van der Waals surface area (Å²) in [4.78, 5) is 14.9. The summed E-state index contributed by atoms with van der Waals surface area (Å²) in [6, 6.07) is 11.6. The Labute approximate surface area is 162 Å². The maximum Gasteiger partial charge on any atom is 0.241 e. The van der Waals surface area contributed by atoms with Gasteiger partial charge in [0.2, 0.25) is 5.91 Å². The molecule has 0 radical (unpaired) electrons. The van der Waals surface area contributed by atoms with Crippen LogP contribution in [0, 0.1) is 0 Å². The standard InChI is InChI=1S/C19H22ClN3O2S/c20-14-5-2-1-4-13(14)18-7-8-23(9-11-26-18)19(24)16-12-15(21-22-16)17-6-3-10-25-17/h1-6,10,15-16,18,21-22H,7-9,11-12H2. The van der Waals surface area contributed by atoms with E-state index in [-0.39, 0.29) is 18.0 Å². The van der Waals surface area contributed by atoms with Crippen LogP contribution < -0.4 is 10.9 Å². The van der Waals surface area contributed by atoms with E-state index in [1.54, 1.807) is 6.26 Å². The third kappa shape index (κ3) is 3.78. The highest BCUT2D eigenvalue weighted by molar-refractivity contribution is 7.99. The number of hydrogen-bond donors (Lipinski definition) is 2. The zero-order valence-corrected chi connectivity index (χ0v) is 15.9. The van der Waals surface area contributed by atoms with Crippen molar-refractivity contribution in [3.05, 3.63) is 59.0 Å². The van der Waals surface area contributed by atoms with Crippen molar-refractivity contribution >= 4 is 29.3 Å². The molecule has 2 aliphatic rings. The lowest BCUT2D eigenvalue weighted by Crippen LogP contribution is -2.46. The molecule has 3 heterocycles. The number of carbonyl (C=O) groups excluding carboxylic acids is 1. The molecule has 0 aliphatic carbocycles. The number of nitrogens with one attached hydrogen (secondary N) is 2. The summed E-state index contributed by atoms with van der Waals surface area (Å²) < 4.78 is 5.44. The molecule has 2 fully saturated rings. The van der Waals surface area contributed by atoms with E-state index in [0.717, 1.165) is 36.0 Å². The van der Waals surface area contributed by atoms with E-state index in [1.165, 1.54) is 5.56 Å². The molecule has 1 aromatic heterocycles. The summed E-state index contributed by atoms with van der Waals surface area (Å²) in [7, 11) is 0. The van der Waals surface area contributed by atoms with Gasteiger partial charge in [0.15, 0.2) is 0 Å². The quantitative estimate of drug-likeness (QED) is 0.838. The number of furan rings is 1. The van der Waals surface area contributed by atoms with Gasteiger partial charge in [-0.05, 0) is 36.6 Å². The Kier molecular flexibility index (Phi) is 5.55. The second kappa shape index (κ2) is 8.05. The molecule has 0 spiro atoms. The lowest BCUT2D eigenvalue weighted by atomic mass is 10.1. The van der Waals surface area contributed by atoms with Crippen LogP contribution in [0.3, 0.4) is 0 Å². The van der Waals surface area contributed by atoms with Gasteiger partial charge in [-0.25, -0.2) is 10.9 Å². The summed E-state index contributed by atoms with van der Waals surface area (Å²) in [6.07, 6.45) is 3.28. The maximum absolute atomic E-state index is 12.9. The first-order valence-corrected chi connectivity index (χ1v) is 10.3. The fourth-order valence-corrected chi connectivity index (χ4v) is 5.19. The number of carbonyl (C=O) groups is 1. The van der Waals surface area contributed by atoms with Crippen molar-refractivity contribution in [3.8, 4) is 0 Å². The zero-order chi connectivity index (χ0) is 17.9. The van der Waals surface area contributed by atoms with Crippen molar-refractivity contribution in [2.75, 3.05) is 18.8 Å². The Morgan fingerprint density at radius 2 is 2.08 bits per heavy atom. The molecule has 2 aromatic rings. The molecule has 138 valence electrons. The van der Waals surface area contributed by atoms with Crippen molar-refractivity contribution in [3.63, 3.8) is 0 Å². The van der Waals surface area contributed by atoms with Crippen LogP contribution >= 0.6 is 23.4 Å². The molecule has 1 aromatic carbocycles. The predicted octanol–water partition coefficient (Wildman–Crippen LogP) is 3.55. The van der Waals surface area contributed by atoms with Gasteiger partial charge in [0.1, 0.15) is 11.8 Å². The van der Waals surface area contributed by atoms with Gasteiger partial charge in [0, 0.05) is 29.1 Å². The van der Waals surface area contributed by atoms with E-state index in [1.807, 2.05) is 47.0 Å². The maximum atomic E-state index is 12.9. The van der Waals surface area contributed by atoms with Gasteiger partial charge in [-0.1, -0.05) is 29.8 Å². The van der Waals surface area contributed by atoms with E-state index in [0.29, 0.717) is 11.7 Å². The van der Waals surface area contributed by atoms with Gasteiger partial charge >= 0.3 is 0 Å². The number of hydrogen-bond acceptors (Lipinski definition) is 5. The molecule has 26 heavy (non-hydrogen) atoms. The highest BCUT2D eigenvalue weighted by Gasteiger charge is 2.35. The summed E-state index contributed by atoms with van der Waals surface area (Å²) in [5, 5.41) is 1.15. The van der Waals surface area contributed by atoms with E-state index >= 15 is 0 Å². The zero-order valence-electron chi connectivity index (χ0n) is 14.4. The number of benzene rings is 1. The van der Waals surface area contributed by atoms with Crippen molar-refractivity contribution in [2.24, 2.45) is 0 Å². The van der Waals surface area contributed by atoms with Crippen molar-refractivity contribution in [1.29, 1.82) is 0 Å². The molecule has 3 atom stereocenters. The summed E-state index contributed by atoms with van der Waals surface area (Å²) in [5.74, 6) is 1.94. The highest BCUT2D eigenvalue weighted by Crippen LogP contribution is 2.38. The highest BCUT2D eigenvalue weighted by atomic mass is 35.5. The van der Waals surface area contributed by atoms with Crippen LogP contribution in [0.1, 0.15) is 35.5 Å². The smallest absolute Gasteiger partial charge is 0.241 e. The van der Waals surface area contributed by atoms with E-state index in [9.17, 15) is 4.79 Å². The molecule has 7 heteroatoms. The molecule has 1 amide bonds. The summed E-state index contributed by atoms with van der Waals surface area (Å²) in [5.41, 5.74) is 7.48. The van der Waals surface area contributed by atoms with E-state index in [2.05, 4.69) is 16.9 Å². The molecule has 2 saturated heterocycles. The molecular weight excluding hydrogens is 370 g/mol. The van der Waals surface area contributed by atoms with Crippen molar-refractivity contribution in [1.82, 2.24) is 15.8 Å². The minimum absolute atomic E-state index is 0.0381. The third-order valence-electron chi connectivity index (χ3n) is 4.99. The average molecular weight is 392 g/mol. The van der Waals surface area contributed by atoms with Gasteiger partial charge in [-0.15, -0.1) is 0 Å². The molecule has 3 unspecified atom stereocenters. The molecule has 0 saturated carbocycles. The first-order chi connectivity index (χ1) is 12.7. The van der Waals surface area contributed by atoms with E-state index in [4.69, 9.17) is 16.0 Å². The number of amides is 1. The lowest BCUT2D eigenvalue weighted by molar-refractivity contribution is -0.132. The SMILES string of the molecule is O=C(C1CC(c2ccco2)NN1)N1CCSC(c2ccccc2Cl)CC1. The topological polar surface area (TPSA) is 57.5 Å². The Hall–Kier alpha value is -1.47. The van der Waals surface area contributed by atoms with Crippen LogP contribution in [0.25, 0.3) is 0 Å². The van der Waals surface area contributed by atoms with Crippen LogP contribution in [-0.2, 0) is 4.79 Å². The van der Waals surface area contributed by atoms with Crippen molar-refractivity contribution < 1.29 is 9.21 Å². The third-order valence-corrected chi connectivity index (χ3v) is 6.65. The van der Waals surface area contributed by atoms with E-state index < -0.39 is 0 Å². The minimum Gasteiger partial charge on any atom is -0.468 e. The van der Waals surface area contributed by atoms with Gasteiger partial charge in [0.25, 0.3) is 0 Å². The van der Waals surface area contributed by atoms with Crippen LogP contribution in [0.4, 0.5) is 0 Å². The normalized spacial score (nSPS) is 26.7. The van der Waals surface area contributed by atoms with Crippen molar-refractivity contribution in [2.45, 2.75) is 30.2 Å². The second-order valence-electron chi connectivity index (χ2n) is 6.64. The van der Waals surface area contributed by atoms with Crippen LogP contribution in [0.15, 0.2) is 47.1 Å². The first kappa shape index (κ1) is 17.9. The number of thioether (sulfide) groups is 1. The average Bonchev–Trinajstić information content (AvgIpc) is 3.29.